The molecular weight excluding hydrogens is 302 g/mol. The molecule has 2 heterocycles. The topological polar surface area (TPSA) is 65.5 Å². The van der Waals surface area contributed by atoms with E-state index in [1.807, 2.05) is 23.6 Å². The summed E-state index contributed by atoms with van der Waals surface area (Å²) in [6.45, 7) is 0. The molecule has 0 fully saturated rings. The number of fused-ring (bicyclic) bond motifs is 1. The Kier molecular flexibility index (Phi) is 3.97. The molecule has 0 amide bonds. The third-order valence-corrected chi connectivity index (χ3v) is 3.97. The molecule has 7 heteroatoms. The van der Waals surface area contributed by atoms with Gasteiger partial charge in [0.25, 0.3) is 0 Å². The number of benzene rings is 1. The molecule has 0 atom stereocenters. The average Bonchev–Trinajstić information content (AvgIpc) is 3.01. The van der Waals surface area contributed by atoms with Gasteiger partial charge in [-0.3, -0.25) is 0 Å². The van der Waals surface area contributed by atoms with Gasteiger partial charge in [-0.2, -0.15) is 0 Å². The molecule has 3 rings (SSSR count). The van der Waals surface area contributed by atoms with E-state index >= 15 is 0 Å². The Bertz CT molecular complexity index is 779. The lowest BCUT2D eigenvalue weighted by molar-refractivity contribution is 0.324. The number of rotatable bonds is 5. The zero-order valence-electron chi connectivity index (χ0n) is 12.4. The zero-order valence-corrected chi connectivity index (χ0v) is 13.2. The van der Waals surface area contributed by atoms with Crippen molar-refractivity contribution < 1.29 is 14.2 Å². The van der Waals surface area contributed by atoms with Gasteiger partial charge >= 0.3 is 0 Å². The van der Waals surface area contributed by atoms with E-state index < -0.39 is 0 Å². The predicted molar refractivity (Wildman–Crippen MR) is 86.8 cm³/mol. The summed E-state index contributed by atoms with van der Waals surface area (Å²) in [6.07, 6.45) is 1.80. The molecule has 0 aliphatic heterocycles. The lowest BCUT2D eigenvalue weighted by atomic mass is 10.2. The van der Waals surface area contributed by atoms with E-state index in [0.29, 0.717) is 23.2 Å². The van der Waals surface area contributed by atoms with Crippen LogP contribution in [0.15, 0.2) is 29.8 Å². The van der Waals surface area contributed by atoms with Gasteiger partial charge in [0.15, 0.2) is 11.5 Å². The fourth-order valence-electron chi connectivity index (χ4n) is 2.11. The number of nitrogens with zero attached hydrogens (tertiary/aromatic N) is 2. The number of ether oxygens (including phenoxy) is 3. The second-order valence-electron chi connectivity index (χ2n) is 4.40. The summed E-state index contributed by atoms with van der Waals surface area (Å²) in [5.41, 5.74) is 1.67. The molecule has 22 heavy (non-hydrogen) atoms. The Morgan fingerprint density at radius 1 is 1.05 bits per heavy atom. The van der Waals surface area contributed by atoms with Crippen LogP contribution in [0.1, 0.15) is 0 Å². The van der Waals surface area contributed by atoms with E-state index in [4.69, 9.17) is 14.2 Å². The molecular formula is C15H15N3O3S. The first-order chi connectivity index (χ1) is 10.7. The third kappa shape index (κ3) is 2.62. The smallest absolute Gasteiger partial charge is 0.227 e. The Morgan fingerprint density at radius 3 is 2.41 bits per heavy atom. The third-order valence-electron chi connectivity index (χ3n) is 3.12. The summed E-state index contributed by atoms with van der Waals surface area (Å²) in [4.78, 5) is 8.76. The van der Waals surface area contributed by atoms with Crippen molar-refractivity contribution in [1.82, 2.24) is 9.97 Å². The molecule has 6 nitrogen and oxygen atoms in total. The van der Waals surface area contributed by atoms with Gasteiger partial charge in [-0.25, -0.2) is 9.97 Å². The van der Waals surface area contributed by atoms with Gasteiger partial charge in [0.1, 0.15) is 0 Å². The minimum atomic E-state index is 0.514. The Balaban J connectivity index is 1.97. The SMILES string of the molecule is COc1cc(Nc2ncc3sccc3n2)cc(OC)c1OC. The number of anilines is 2. The summed E-state index contributed by atoms with van der Waals surface area (Å²) in [5, 5.41) is 5.14. The fourth-order valence-corrected chi connectivity index (χ4v) is 2.80. The molecule has 0 unspecified atom stereocenters. The van der Waals surface area contributed by atoms with E-state index in [2.05, 4.69) is 15.3 Å². The zero-order chi connectivity index (χ0) is 15.5. The van der Waals surface area contributed by atoms with E-state index in [-0.39, 0.29) is 0 Å². The molecule has 0 saturated carbocycles. The van der Waals surface area contributed by atoms with Crippen LogP contribution in [-0.4, -0.2) is 31.3 Å². The van der Waals surface area contributed by atoms with Gasteiger partial charge in [-0.1, -0.05) is 0 Å². The first-order valence-corrected chi connectivity index (χ1v) is 7.40. The largest absolute Gasteiger partial charge is 0.493 e. The molecule has 2 aromatic heterocycles. The van der Waals surface area contributed by atoms with Crippen molar-refractivity contribution in [1.29, 1.82) is 0 Å². The summed E-state index contributed by atoms with van der Waals surface area (Å²) in [6, 6.07) is 5.58. The van der Waals surface area contributed by atoms with Crippen molar-refractivity contribution in [2.45, 2.75) is 0 Å². The first-order valence-electron chi connectivity index (χ1n) is 6.52. The number of nitrogens with one attached hydrogen (secondary N) is 1. The summed E-state index contributed by atoms with van der Waals surface area (Å²) in [7, 11) is 4.73. The van der Waals surface area contributed by atoms with Crippen molar-refractivity contribution in [2.24, 2.45) is 0 Å². The quantitative estimate of drug-likeness (QED) is 0.777. The summed E-state index contributed by atoms with van der Waals surface area (Å²) < 4.78 is 17.0. The van der Waals surface area contributed by atoms with Crippen LogP contribution >= 0.6 is 11.3 Å². The van der Waals surface area contributed by atoms with Crippen LogP contribution in [0.25, 0.3) is 10.2 Å². The van der Waals surface area contributed by atoms with Gasteiger partial charge in [-0.15, -0.1) is 11.3 Å². The molecule has 0 bridgehead atoms. The Labute approximate surface area is 131 Å². The highest BCUT2D eigenvalue weighted by molar-refractivity contribution is 7.17. The maximum absolute atomic E-state index is 5.33. The highest BCUT2D eigenvalue weighted by Gasteiger charge is 2.13. The van der Waals surface area contributed by atoms with Gasteiger partial charge in [0.05, 0.1) is 37.7 Å². The van der Waals surface area contributed by atoms with E-state index in [1.54, 1.807) is 38.9 Å². The molecule has 3 aromatic rings. The Hall–Kier alpha value is -2.54. The van der Waals surface area contributed by atoms with E-state index in [0.717, 1.165) is 15.9 Å². The molecule has 0 aliphatic carbocycles. The summed E-state index contributed by atoms with van der Waals surface area (Å²) in [5.74, 6) is 2.20. The van der Waals surface area contributed by atoms with Gasteiger partial charge in [0.2, 0.25) is 11.7 Å². The first kappa shape index (κ1) is 14.4. The second-order valence-corrected chi connectivity index (χ2v) is 5.35. The fraction of sp³-hybridized carbons (Fsp3) is 0.200. The van der Waals surface area contributed by atoms with Crippen LogP contribution < -0.4 is 19.5 Å². The lowest BCUT2D eigenvalue weighted by Crippen LogP contribution is -2.00. The molecule has 0 aliphatic rings. The number of methoxy groups -OCH3 is 3. The van der Waals surface area contributed by atoms with Crippen molar-refractivity contribution in [2.75, 3.05) is 26.6 Å². The lowest BCUT2D eigenvalue weighted by Gasteiger charge is -2.14. The number of thiophene rings is 1. The number of hydrogen-bond donors (Lipinski definition) is 1. The van der Waals surface area contributed by atoms with Crippen LogP contribution in [0.2, 0.25) is 0 Å². The molecule has 1 N–H and O–H groups in total. The standard InChI is InChI=1S/C15H15N3O3S/c1-19-11-6-9(7-12(20-2)14(11)21-3)17-15-16-8-13-10(18-15)4-5-22-13/h4-8H,1-3H3,(H,16,17,18). The molecule has 0 spiro atoms. The monoisotopic (exact) mass is 317 g/mol. The average molecular weight is 317 g/mol. The minimum absolute atomic E-state index is 0.514. The van der Waals surface area contributed by atoms with Crippen LogP contribution in [0.5, 0.6) is 17.2 Å². The van der Waals surface area contributed by atoms with Crippen LogP contribution in [-0.2, 0) is 0 Å². The van der Waals surface area contributed by atoms with Gasteiger partial charge < -0.3 is 19.5 Å². The molecule has 114 valence electrons. The van der Waals surface area contributed by atoms with E-state index in [9.17, 15) is 0 Å². The van der Waals surface area contributed by atoms with Gasteiger partial charge in [0, 0.05) is 17.8 Å². The number of aromatic nitrogens is 2. The normalized spacial score (nSPS) is 10.5. The maximum atomic E-state index is 5.33. The van der Waals surface area contributed by atoms with Crippen molar-refractivity contribution in [3.63, 3.8) is 0 Å². The van der Waals surface area contributed by atoms with E-state index in [1.165, 1.54) is 0 Å². The number of hydrogen-bond acceptors (Lipinski definition) is 7. The Morgan fingerprint density at radius 2 is 1.77 bits per heavy atom. The van der Waals surface area contributed by atoms with Crippen molar-refractivity contribution in [3.05, 3.63) is 29.8 Å². The van der Waals surface area contributed by atoms with Crippen molar-refractivity contribution >= 4 is 33.2 Å². The van der Waals surface area contributed by atoms with Crippen LogP contribution in [0.4, 0.5) is 11.6 Å². The second kappa shape index (κ2) is 6.07. The maximum Gasteiger partial charge on any atom is 0.227 e. The molecule has 0 radical (unpaired) electrons. The summed E-state index contributed by atoms with van der Waals surface area (Å²) >= 11 is 1.61. The van der Waals surface area contributed by atoms with Crippen LogP contribution in [0, 0.1) is 0 Å². The van der Waals surface area contributed by atoms with Crippen molar-refractivity contribution in [3.8, 4) is 17.2 Å². The minimum Gasteiger partial charge on any atom is -0.493 e. The highest BCUT2D eigenvalue weighted by Crippen LogP contribution is 2.40. The highest BCUT2D eigenvalue weighted by atomic mass is 32.1. The molecule has 1 aromatic carbocycles. The van der Waals surface area contributed by atoms with Gasteiger partial charge in [-0.05, 0) is 11.4 Å². The van der Waals surface area contributed by atoms with Crippen LogP contribution in [0.3, 0.4) is 0 Å². The molecule has 0 saturated heterocycles. The predicted octanol–water partition coefficient (Wildman–Crippen LogP) is 3.46.